The maximum absolute atomic E-state index is 12.3. The van der Waals surface area contributed by atoms with Gasteiger partial charge in [-0.1, -0.05) is 32.0 Å². The summed E-state index contributed by atoms with van der Waals surface area (Å²) in [5.74, 6) is -1.12. The molecule has 3 heterocycles. The molecule has 3 aromatic rings. The van der Waals surface area contributed by atoms with Gasteiger partial charge in [0.1, 0.15) is 18.9 Å². The highest BCUT2D eigenvalue weighted by atomic mass is 16.6. The molecule has 2 aromatic heterocycles. The number of fused-ring (bicyclic) bond motifs is 1. The molecule has 0 radical (unpaired) electrons. The van der Waals surface area contributed by atoms with Gasteiger partial charge in [-0.25, -0.2) is 9.78 Å². The largest absolute Gasteiger partial charge is 0.459 e. The summed E-state index contributed by atoms with van der Waals surface area (Å²) in [4.78, 5) is 47.3. The van der Waals surface area contributed by atoms with Crippen molar-refractivity contribution in [2.45, 2.75) is 38.7 Å². The van der Waals surface area contributed by atoms with Crippen LogP contribution in [0.2, 0.25) is 0 Å². The van der Waals surface area contributed by atoms with Crippen LogP contribution < -0.4 is 10.9 Å². The number of ether oxygens (including phenoxy) is 2. The Hall–Kier alpha value is -3.57. The Bertz CT molecular complexity index is 1190. The van der Waals surface area contributed by atoms with Crippen molar-refractivity contribution in [2.24, 2.45) is 5.92 Å². The van der Waals surface area contributed by atoms with Crippen molar-refractivity contribution in [2.75, 3.05) is 11.9 Å². The van der Waals surface area contributed by atoms with Gasteiger partial charge < -0.3 is 14.6 Å². The molecule has 0 saturated carbocycles. The number of esters is 1. The number of nitrogens with zero attached hydrogens (tertiary/aromatic N) is 3. The number of benzene rings is 1. The zero-order valence-electron chi connectivity index (χ0n) is 17.5. The summed E-state index contributed by atoms with van der Waals surface area (Å²) in [6, 6.07) is 8.51. The molecule has 11 nitrogen and oxygen atoms in total. The number of anilines is 1. The van der Waals surface area contributed by atoms with Crippen LogP contribution in [0.5, 0.6) is 0 Å². The standard InChI is InChI=1S/C21H23N5O6/c1-11(2)18(28)24-21-23-17-16(19(29)25-21)22-10-26(17)15-8-13(27)14(32-15)9-31-20(30)12-6-4-3-5-7-12/h3-7,10-11,13-15,27H,8-9H2,1-2H3,(H2,23,24,25,28,29)/t13-,14-,15-/m1/s1. The fourth-order valence-electron chi connectivity index (χ4n) is 3.31. The second kappa shape index (κ2) is 8.89. The van der Waals surface area contributed by atoms with Crippen LogP contribution in [0.1, 0.15) is 36.9 Å². The predicted molar refractivity (Wildman–Crippen MR) is 113 cm³/mol. The minimum Gasteiger partial charge on any atom is -0.459 e. The molecule has 0 unspecified atom stereocenters. The van der Waals surface area contributed by atoms with E-state index in [1.54, 1.807) is 44.2 Å². The Balaban J connectivity index is 1.49. The number of H-pyrrole nitrogens is 1. The molecule has 1 aromatic carbocycles. The third-order valence-electron chi connectivity index (χ3n) is 5.10. The van der Waals surface area contributed by atoms with Crippen molar-refractivity contribution < 1.29 is 24.2 Å². The minimum absolute atomic E-state index is 0.00478. The van der Waals surface area contributed by atoms with Crippen molar-refractivity contribution in [3.05, 3.63) is 52.6 Å². The number of hydrogen-bond donors (Lipinski definition) is 3. The summed E-state index contributed by atoms with van der Waals surface area (Å²) in [5, 5.41) is 13.0. The molecule has 4 rings (SSSR count). The van der Waals surface area contributed by atoms with E-state index in [-0.39, 0.29) is 42.0 Å². The third kappa shape index (κ3) is 4.39. The van der Waals surface area contributed by atoms with Crippen LogP contribution in [-0.2, 0) is 14.3 Å². The van der Waals surface area contributed by atoms with Crippen molar-refractivity contribution in [3.8, 4) is 0 Å². The first-order valence-corrected chi connectivity index (χ1v) is 10.2. The number of carbonyl (C=O) groups excluding carboxylic acids is 2. The van der Waals surface area contributed by atoms with Gasteiger partial charge in [0, 0.05) is 12.3 Å². The van der Waals surface area contributed by atoms with Crippen LogP contribution in [0.25, 0.3) is 11.2 Å². The number of aliphatic hydroxyl groups is 1. The molecule has 168 valence electrons. The van der Waals surface area contributed by atoms with E-state index in [0.717, 1.165) is 0 Å². The number of carbonyl (C=O) groups is 2. The molecular formula is C21H23N5O6. The molecule has 0 spiro atoms. The third-order valence-corrected chi connectivity index (χ3v) is 5.10. The lowest BCUT2D eigenvalue weighted by Crippen LogP contribution is -2.28. The Morgan fingerprint density at radius 2 is 2.09 bits per heavy atom. The zero-order chi connectivity index (χ0) is 22.8. The van der Waals surface area contributed by atoms with Crippen molar-refractivity contribution >= 4 is 29.0 Å². The van der Waals surface area contributed by atoms with E-state index >= 15 is 0 Å². The van der Waals surface area contributed by atoms with Crippen LogP contribution in [0.15, 0.2) is 41.5 Å². The Morgan fingerprint density at radius 3 is 2.81 bits per heavy atom. The number of amides is 1. The van der Waals surface area contributed by atoms with Crippen LogP contribution >= 0.6 is 0 Å². The summed E-state index contributed by atoms with van der Waals surface area (Å²) in [7, 11) is 0. The van der Waals surface area contributed by atoms with Crippen LogP contribution in [0, 0.1) is 5.92 Å². The van der Waals surface area contributed by atoms with E-state index in [4.69, 9.17) is 9.47 Å². The summed E-state index contributed by atoms with van der Waals surface area (Å²) in [6.07, 6.45) is -0.772. The second-order valence-electron chi connectivity index (χ2n) is 7.78. The highest BCUT2D eigenvalue weighted by Gasteiger charge is 2.37. The first-order valence-electron chi connectivity index (χ1n) is 10.2. The molecule has 1 fully saturated rings. The molecule has 1 amide bonds. The average molecular weight is 441 g/mol. The lowest BCUT2D eigenvalue weighted by atomic mass is 10.2. The highest BCUT2D eigenvalue weighted by Crippen LogP contribution is 2.30. The Labute approximate surface area is 182 Å². The van der Waals surface area contributed by atoms with Gasteiger partial charge in [0.2, 0.25) is 11.9 Å². The number of imidazole rings is 1. The molecule has 0 bridgehead atoms. The molecule has 1 aliphatic rings. The van der Waals surface area contributed by atoms with Crippen LogP contribution in [-0.4, -0.2) is 55.3 Å². The van der Waals surface area contributed by atoms with E-state index in [1.807, 2.05) is 0 Å². The van der Waals surface area contributed by atoms with Gasteiger partial charge in [0.15, 0.2) is 11.2 Å². The highest BCUT2D eigenvalue weighted by molar-refractivity contribution is 5.91. The topological polar surface area (TPSA) is 148 Å². The van der Waals surface area contributed by atoms with Gasteiger partial charge in [-0.3, -0.25) is 24.5 Å². The summed E-state index contributed by atoms with van der Waals surface area (Å²) < 4.78 is 12.7. The van der Waals surface area contributed by atoms with Gasteiger partial charge in [-0.2, -0.15) is 4.98 Å². The fraction of sp³-hybridized carbons (Fsp3) is 0.381. The van der Waals surface area contributed by atoms with Gasteiger partial charge >= 0.3 is 5.97 Å². The summed E-state index contributed by atoms with van der Waals surface area (Å²) in [6.45, 7) is 3.30. The molecule has 1 aliphatic heterocycles. The zero-order valence-corrected chi connectivity index (χ0v) is 17.5. The lowest BCUT2D eigenvalue weighted by Gasteiger charge is -2.16. The van der Waals surface area contributed by atoms with Gasteiger partial charge in [-0.15, -0.1) is 0 Å². The molecule has 0 aliphatic carbocycles. The van der Waals surface area contributed by atoms with E-state index < -0.39 is 30.0 Å². The summed E-state index contributed by atoms with van der Waals surface area (Å²) >= 11 is 0. The molecular weight excluding hydrogens is 418 g/mol. The number of aromatic amines is 1. The number of hydrogen-bond acceptors (Lipinski definition) is 8. The summed E-state index contributed by atoms with van der Waals surface area (Å²) in [5.41, 5.74) is 0.160. The molecule has 1 saturated heterocycles. The van der Waals surface area contributed by atoms with Gasteiger partial charge in [0.05, 0.1) is 18.0 Å². The quantitative estimate of drug-likeness (QED) is 0.484. The molecule has 3 atom stereocenters. The van der Waals surface area contributed by atoms with Crippen molar-refractivity contribution in [3.63, 3.8) is 0 Å². The number of aliphatic hydroxyl groups excluding tert-OH is 1. The first-order chi connectivity index (χ1) is 15.3. The predicted octanol–water partition coefficient (Wildman–Crippen LogP) is 1.22. The Morgan fingerprint density at radius 1 is 1.34 bits per heavy atom. The number of aromatic nitrogens is 4. The lowest BCUT2D eigenvalue weighted by molar-refractivity contribution is -0.118. The van der Waals surface area contributed by atoms with Crippen molar-refractivity contribution in [1.29, 1.82) is 0 Å². The van der Waals surface area contributed by atoms with Gasteiger partial charge in [-0.05, 0) is 12.1 Å². The first kappa shape index (κ1) is 21.7. The number of nitrogens with one attached hydrogen (secondary N) is 2. The molecule has 11 heteroatoms. The van der Waals surface area contributed by atoms with E-state index in [1.165, 1.54) is 10.9 Å². The van der Waals surface area contributed by atoms with Crippen molar-refractivity contribution in [1.82, 2.24) is 19.5 Å². The van der Waals surface area contributed by atoms with E-state index in [2.05, 4.69) is 20.3 Å². The van der Waals surface area contributed by atoms with Gasteiger partial charge in [0.25, 0.3) is 5.56 Å². The fourth-order valence-corrected chi connectivity index (χ4v) is 3.31. The second-order valence-corrected chi connectivity index (χ2v) is 7.78. The number of rotatable bonds is 6. The molecule has 32 heavy (non-hydrogen) atoms. The smallest absolute Gasteiger partial charge is 0.338 e. The Kier molecular flexibility index (Phi) is 6.01. The van der Waals surface area contributed by atoms with E-state index in [9.17, 15) is 19.5 Å². The monoisotopic (exact) mass is 441 g/mol. The maximum Gasteiger partial charge on any atom is 0.338 e. The average Bonchev–Trinajstić information content (AvgIpc) is 3.36. The molecule has 3 N–H and O–H groups in total. The minimum atomic E-state index is -0.900. The normalized spacial score (nSPS) is 20.6. The van der Waals surface area contributed by atoms with Crippen LogP contribution in [0.3, 0.4) is 0 Å². The van der Waals surface area contributed by atoms with E-state index in [0.29, 0.717) is 5.56 Å². The SMILES string of the molecule is CC(C)C(=O)Nc1nc2c(ncn2[C@H]2C[C@@H](O)[C@@H](COC(=O)c3ccccc3)O2)c(=O)[nH]1. The van der Waals surface area contributed by atoms with Crippen LogP contribution in [0.4, 0.5) is 5.95 Å². The maximum atomic E-state index is 12.3.